The number of primary amides is 1. The second-order valence-electron chi connectivity index (χ2n) is 5.19. The van der Waals surface area contributed by atoms with E-state index in [9.17, 15) is 14.4 Å². The molecule has 0 radical (unpaired) electrons. The fraction of sp³-hybridized carbons (Fsp3) is 0.267. The molecular weight excluding hydrogens is 272 g/mol. The lowest BCUT2D eigenvalue weighted by Gasteiger charge is -2.22. The summed E-state index contributed by atoms with van der Waals surface area (Å²) in [6.45, 7) is 4.80. The molecular formula is C15H18N2O4. The molecule has 21 heavy (non-hydrogen) atoms. The van der Waals surface area contributed by atoms with E-state index in [1.54, 1.807) is 25.1 Å². The zero-order valence-corrected chi connectivity index (χ0v) is 12.1. The minimum Gasteiger partial charge on any atom is -0.478 e. The van der Waals surface area contributed by atoms with Crippen molar-refractivity contribution in [3.63, 3.8) is 0 Å². The average molecular weight is 290 g/mol. The van der Waals surface area contributed by atoms with Gasteiger partial charge in [-0.15, -0.1) is 0 Å². The lowest BCUT2D eigenvalue weighted by Crippen LogP contribution is -2.53. The molecule has 112 valence electrons. The highest BCUT2D eigenvalue weighted by Gasteiger charge is 2.27. The molecule has 0 atom stereocenters. The van der Waals surface area contributed by atoms with Gasteiger partial charge in [-0.25, -0.2) is 4.79 Å². The number of hydrogen-bond acceptors (Lipinski definition) is 3. The molecule has 0 aliphatic rings. The third-order valence-electron chi connectivity index (χ3n) is 2.98. The molecule has 0 aliphatic heterocycles. The highest BCUT2D eigenvalue weighted by atomic mass is 16.4. The topological polar surface area (TPSA) is 109 Å². The summed E-state index contributed by atoms with van der Waals surface area (Å²) in [5.41, 5.74) is 5.87. The predicted molar refractivity (Wildman–Crippen MR) is 78.6 cm³/mol. The van der Waals surface area contributed by atoms with Crippen molar-refractivity contribution in [2.24, 2.45) is 5.73 Å². The van der Waals surface area contributed by atoms with Gasteiger partial charge in [0.15, 0.2) is 0 Å². The van der Waals surface area contributed by atoms with Crippen molar-refractivity contribution in [2.45, 2.75) is 26.3 Å². The summed E-state index contributed by atoms with van der Waals surface area (Å²) in [5.74, 6) is -2.09. The van der Waals surface area contributed by atoms with Crippen LogP contribution >= 0.6 is 0 Å². The number of aliphatic carboxylic acids is 1. The molecule has 0 bridgehead atoms. The Kier molecular flexibility index (Phi) is 4.86. The van der Waals surface area contributed by atoms with Crippen LogP contribution in [0.25, 0.3) is 6.08 Å². The number of nitrogens with two attached hydrogens (primary N) is 1. The quantitative estimate of drug-likeness (QED) is 0.705. The molecule has 0 spiro atoms. The van der Waals surface area contributed by atoms with Gasteiger partial charge in [-0.2, -0.15) is 0 Å². The highest BCUT2D eigenvalue weighted by Crippen LogP contribution is 2.14. The molecule has 0 saturated heterocycles. The molecule has 0 aliphatic carbocycles. The van der Waals surface area contributed by atoms with Crippen molar-refractivity contribution in [1.82, 2.24) is 5.32 Å². The summed E-state index contributed by atoms with van der Waals surface area (Å²) in [6.07, 6.45) is 2.48. The molecule has 0 fully saturated rings. The van der Waals surface area contributed by atoms with Gasteiger partial charge < -0.3 is 16.2 Å². The first-order valence-corrected chi connectivity index (χ1v) is 6.27. The van der Waals surface area contributed by atoms with Gasteiger partial charge in [0.1, 0.15) is 5.54 Å². The molecule has 1 aromatic rings. The highest BCUT2D eigenvalue weighted by molar-refractivity contribution is 5.99. The van der Waals surface area contributed by atoms with Gasteiger partial charge >= 0.3 is 5.97 Å². The third-order valence-corrected chi connectivity index (χ3v) is 2.98. The number of amides is 2. The van der Waals surface area contributed by atoms with E-state index in [-0.39, 0.29) is 0 Å². The average Bonchev–Trinajstić information content (AvgIpc) is 2.36. The summed E-state index contributed by atoms with van der Waals surface area (Å²) in [7, 11) is 0. The maximum Gasteiger partial charge on any atom is 0.328 e. The molecule has 1 aromatic carbocycles. The van der Waals surface area contributed by atoms with E-state index < -0.39 is 23.3 Å². The Morgan fingerprint density at radius 1 is 1.29 bits per heavy atom. The molecule has 2 amide bonds. The maximum absolute atomic E-state index is 12.1. The Balaban J connectivity index is 2.96. The van der Waals surface area contributed by atoms with E-state index in [1.165, 1.54) is 19.9 Å². The first-order valence-electron chi connectivity index (χ1n) is 6.27. The van der Waals surface area contributed by atoms with Crippen LogP contribution in [0.1, 0.15) is 35.3 Å². The number of rotatable bonds is 5. The first kappa shape index (κ1) is 16.4. The van der Waals surface area contributed by atoms with Crippen molar-refractivity contribution in [3.05, 3.63) is 41.0 Å². The summed E-state index contributed by atoms with van der Waals surface area (Å²) in [4.78, 5) is 33.7. The molecule has 0 saturated carbocycles. The Morgan fingerprint density at radius 2 is 1.90 bits per heavy atom. The van der Waals surface area contributed by atoms with E-state index in [4.69, 9.17) is 10.8 Å². The Bertz CT molecular complexity index is 618. The van der Waals surface area contributed by atoms with Crippen LogP contribution in [0, 0.1) is 6.92 Å². The van der Waals surface area contributed by atoms with E-state index in [0.717, 1.165) is 11.6 Å². The fourth-order valence-corrected chi connectivity index (χ4v) is 1.58. The minimum atomic E-state index is -1.15. The van der Waals surface area contributed by atoms with Crippen LogP contribution in [0.15, 0.2) is 24.3 Å². The van der Waals surface area contributed by atoms with Crippen LogP contribution in [0.5, 0.6) is 0 Å². The fourth-order valence-electron chi connectivity index (χ4n) is 1.58. The monoisotopic (exact) mass is 290 g/mol. The first-order chi connectivity index (χ1) is 9.63. The number of carbonyl (C=O) groups is 3. The molecule has 6 nitrogen and oxygen atoms in total. The summed E-state index contributed by atoms with van der Waals surface area (Å²) in [5, 5.41) is 11.1. The van der Waals surface area contributed by atoms with Crippen LogP contribution in [-0.4, -0.2) is 28.4 Å². The number of carbonyl (C=O) groups excluding carboxylic acids is 2. The second kappa shape index (κ2) is 6.21. The van der Waals surface area contributed by atoms with Gasteiger partial charge in [-0.3, -0.25) is 9.59 Å². The molecule has 0 aromatic heterocycles. The minimum absolute atomic E-state index is 0.370. The zero-order valence-electron chi connectivity index (χ0n) is 12.1. The molecule has 6 heteroatoms. The number of carboxylic acids is 1. The summed E-state index contributed by atoms with van der Waals surface area (Å²) < 4.78 is 0. The van der Waals surface area contributed by atoms with Crippen molar-refractivity contribution < 1.29 is 19.5 Å². The van der Waals surface area contributed by atoms with Gasteiger partial charge in [0.25, 0.3) is 5.91 Å². The third kappa shape index (κ3) is 4.45. The van der Waals surface area contributed by atoms with Crippen molar-refractivity contribution in [2.75, 3.05) is 0 Å². The van der Waals surface area contributed by atoms with Crippen LogP contribution in [0.4, 0.5) is 0 Å². The van der Waals surface area contributed by atoms with Crippen molar-refractivity contribution in [3.8, 4) is 0 Å². The zero-order chi connectivity index (χ0) is 16.2. The summed E-state index contributed by atoms with van der Waals surface area (Å²) >= 11 is 0. The molecule has 0 unspecified atom stereocenters. The number of aryl methyl sites for hydroxylation is 1. The number of hydrogen-bond donors (Lipinski definition) is 3. The van der Waals surface area contributed by atoms with Crippen molar-refractivity contribution >= 4 is 23.9 Å². The summed E-state index contributed by atoms with van der Waals surface area (Å²) in [6, 6.07) is 4.82. The van der Waals surface area contributed by atoms with Gasteiger partial charge in [-0.1, -0.05) is 6.07 Å². The largest absolute Gasteiger partial charge is 0.478 e. The maximum atomic E-state index is 12.1. The smallest absolute Gasteiger partial charge is 0.328 e. The number of carboxylic acid groups (broad SMARTS) is 1. The van der Waals surface area contributed by atoms with E-state index in [0.29, 0.717) is 11.1 Å². The normalized spacial score (nSPS) is 11.4. The van der Waals surface area contributed by atoms with Crippen molar-refractivity contribution in [1.29, 1.82) is 0 Å². The van der Waals surface area contributed by atoms with Crippen LogP contribution in [0.2, 0.25) is 0 Å². The van der Waals surface area contributed by atoms with Gasteiger partial charge in [-0.05, 0) is 50.1 Å². The molecule has 0 heterocycles. The van der Waals surface area contributed by atoms with Gasteiger partial charge in [0, 0.05) is 11.6 Å². The standard InChI is InChI=1S/C15H18N2O4/c1-9-8-11(5-4-10(9)6-7-12(18)19)13(20)17-15(2,3)14(16)21/h4-8H,1-3H3,(H2,16,21)(H,17,20)(H,18,19)/b7-6+. The number of benzene rings is 1. The SMILES string of the molecule is Cc1cc(C(=O)NC(C)(C)C(N)=O)ccc1/C=C/C(=O)O. The second-order valence-corrected chi connectivity index (χ2v) is 5.19. The molecule has 4 N–H and O–H groups in total. The molecule has 1 rings (SSSR count). The Morgan fingerprint density at radius 3 is 2.38 bits per heavy atom. The van der Waals surface area contributed by atoms with Gasteiger partial charge in [0.05, 0.1) is 0 Å². The lowest BCUT2D eigenvalue weighted by atomic mass is 10.0. The Hall–Kier alpha value is -2.63. The van der Waals surface area contributed by atoms with Crippen LogP contribution in [0.3, 0.4) is 0 Å². The predicted octanol–water partition coefficient (Wildman–Crippen LogP) is 1.09. The van der Waals surface area contributed by atoms with Crippen LogP contribution in [-0.2, 0) is 9.59 Å². The van der Waals surface area contributed by atoms with E-state index >= 15 is 0 Å². The van der Waals surface area contributed by atoms with E-state index in [2.05, 4.69) is 5.32 Å². The Labute approximate surface area is 122 Å². The number of nitrogens with one attached hydrogen (secondary N) is 1. The van der Waals surface area contributed by atoms with E-state index in [1.807, 2.05) is 0 Å². The van der Waals surface area contributed by atoms with Gasteiger partial charge in [0.2, 0.25) is 5.91 Å². The lowest BCUT2D eigenvalue weighted by molar-refractivity contribution is -0.131. The van der Waals surface area contributed by atoms with Crippen LogP contribution < -0.4 is 11.1 Å².